The van der Waals surface area contributed by atoms with E-state index in [0.29, 0.717) is 38.4 Å². The molecule has 7 heteroatoms. The van der Waals surface area contributed by atoms with Crippen molar-refractivity contribution in [2.24, 2.45) is 7.05 Å². The molecule has 1 aliphatic rings. The van der Waals surface area contributed by atoms with Gasteiger partial charge in [0.25, 0.3) is 5.69 Å². The number of Topliss-reactive ketones (excluding diaryl/α,β-unsaturated/α-hetero) is 1. The van der Waals surface area contributed by atoms with E-state index in [9.17, 15) is 14.9 Å². The van der Waals surface area contributed by atoms with Crippen LogP contribution in [0.2, 0.25) is 0 Å². The second-order valence-electron chi connectivity index (χ2n) is 8.60. The number of carbonyl (C=O) groups is 1. The van der Waals surface area contributed by atoms with E-state index in [1.807, 2.05) is 72.6 Å². The lowest BCUT2D eigenvalue weighted by Gasteiger charge is -2.35. The molecule has 0 aliphatic carbocycles. The molecule has 2 heterocycles. The Hall–Kier alpha value is -3.97. The smallest absolute Gasteiger partial charge is 0.292 e. The van der Waals surface area contributed by atoms with Gasteiger partial charge in [0.2, 0.25) is 0 Å². The Morgan fingerprint density at radius 3 is 2.26 bits per heavy atom. The van der Waals surface area contributed by atoms with Crippen molar-refractivity contribution >= 4 is 28.1 Å². The first-order valence-corrected chi connectivity index (χ1v) is 11.4. The molecule has 0 amide bonds. The summed E-state index contributed by atoms with van der Waals surface area (Å²) in [5, 5.41) is 12.4. The van der Waals surface area contributed by atoms with Crippen LogP contribution in [0.5, 0.6) is 0 Å². The van der Waals surface area contributed by atoms with Gasteiger partial charge in [-0.15, -0.1) is 0 Å². The second kappa shape index (κ2) is 9.11. The van der Waals surface area contributed by atoms with Gasteiger partial charge < -0.3 is 9.47 Å². The number of hydrogen-bond acceptors (Lipinski definition) is 5. The van der Waals surface area contributed by atoms with Crippen LogP contribution in [0.4, 0.5) is 11.4 Å². The van der Waals surface area contributed by atoms with Crippen molar-refractivity contribution in [2.45, 2.75) is 0 Å². The highest BCUT2D eigenvalue weighted by atomic mass is 16.6. The zero-order valence-corrected chi connectivity index (χ0v) is 19.1. The summed E-state index contributed by atoms with van der Waals surface area (Å²) in [4.78, 5) is 28.9. The Kier molecular flexibility index (Phi) is 5.86. The highest BCUT2D eigenvalue weighted by Gasteiger charge is 2.27. The molecule has 34 heavy (non-hydrogen) atoms. The number of hydrogen-bond donors (Lipinski definition) is 0. The number of aromatic nitrogens is 1. The fraction of sp³-hybridized carbons (Fsp3) is 0.222. The van der Waals surface area contributed by atoms with Crippen molar-refractivity contribution in [2.75, 3.05) is 37.6 Å². The van der Waals surface area contributed by atoms with E-state index >= 15 is 0 Å². The highest BCUT2D eigenvalue weighted by molar-refractivity contribution is 6.14. The molecule has 5 rings (SSSR count). The summed E-state index contributed by atoms with van der Waals surface area (Å²) in [6, 6.07) is 24.9. The number of nitro groups is 1. The number of carbonyl (C=O) groups excluding carboxylic acids is 1. The van der Waals surface area contributed by atoms with Crippen LogP contribution < -0.4 is 4.90 Å². The number of benzene rings is 3. The monoisotopic (exact) mass is 454 g/mol. The maximum atomic E-state index is 13.7. The van der Waals surface area contributed by atoms with Crippen molar-refractivity contribution in [3.8, 4) is 11.3 Å². The van der Waals surface area contributed by atoms with Crippen LogP contribution in [0.25, 0.3) is 22.2 Å². The number of nitro benzene ring substituents is 1. The number of rotatable bonds is 6. The van der Waals surface area contributed by atoms with Crippen LogP contribution >= 0.6 is 0 Å². The summed E-state index contributed by atoms with van der Waals surface area (Å²) in [5.74, 6) is 0.0924. The topological polar surface area (TPSA) is 71.6 Å². The van der Waals surface area contributed by atoms with E-state index in [0.717, 1.165) is 27.7 Å². The lowest BCUT2D eigenvalue weighted by Crippen LogP contribution is -2.48. The predicted molar refractivity (Wildman–Crippen MR) is 134 cm³/mol. The number of para-hydroxylation sites is 3. The van der Waals surface area contributed by atoms with E-state index in [1.165, 1.54) is 6.07 Å². The standard InChI is InChI=1S/C27H26N4O3/c1-28-22-12-6-5-11-21(22)26(27(28)20-9-3-2-4-10-20)25(32)19-29-15-17-30(18-16-29)23-13-7-8-14-24(23)31(33)34/h2-14H,15-19H2,1H3. The molecule has 4 aromatic rings. The van der Waals surface area contributed by atoms with E-state index in [4.69, 9.17) is 0 Å². The van der Waals surface area contributed by atoms with Crippen LogP contribution in [-0.4, -0.2) is 52.9 Å². The number of ketones is 1. The minimum absolute atomic E-state index is 0.0924. The Labute approximate surface area is 198 Å². The van der Waals surface area contributed by atoms with E-state index in [2.05, 4.69) is 9.47 Å². The molecule has 0 N–H and O–H groups in total. The van der Waals surface area contributed by atoms with Gasteiger partial charge in [-0.3, -0.25) is 19.8 Å². The third-order valence-electron chi connectivity index (χ3n) is 6.59. The Morgan fingerprint density at radius 2 is 1.53 bits per heavy atom. The molecule has 0 radical (unpaired) electrons. The first kappa shape index (κ1) is 21.9. The largest absolute Gasteiger partial charge is 0.363 e. The first-order chi connectivity index (χ1) is 16.5. The zero-order valence-electron chi connectivity index (χ0n) is 19.1. The molecule has 1 aromatic heterocycles. The van der Waals surface area contributed by atoms with Crippen LogP contribution in [0.15, 0.2) is 78.9 Å². The molecular formula is C27H26N4O3. The van der Waals surface area contributed by atoms with Gasteiger partial charge in [0.05, 0.1) is 22.7 Å². The number of piperazine rings is 1. The van der Waals surface area contributed by atoms with Gasteiger partial charge in [0.1, 0.15) is 5.69 Å². The molecule has 3 aromatic carbocycles. The normalized spacial score (nSPS) is 14.4. The summed E-state index contributed by atoms with van der Waals surface area (Å²) in [6.45, 7) is 2.93. The molecule has 1 aliphatic heterocycles. The predicted octanol–water partition coefficient (Wildman–Crippen LogP) is 4.76. The Morgan fingerprint density at radius 1 is 0.882 bits per heavy atom. The quantitative estimate of drug-likeness (QED) is 0.239. The van der Waals surface area contributed by atoms with Crippen LogP contribution in [-0.2, 0) is 7.05 Å². The van der Waals surface area contributed by atoms with Gasteiger partial charge in [-0.2, -0.15) is 0 Å². The third-order valence-corrected chi connectivity index (χ3v) is 6.59. The second-order valence-corrected chi connectivity index (χ2v) is 8.60. The SMILES string of the molecule is Cn1c(-c2ccccc2)c(C(=O)CN2CCN(c3ccccc3[N+](=O)[O-])CC2)c2ccccc21. The molecular weight excluding hydrogens is 428 g/mol. The van der Waals surface area contributed by atoms with Crippen molar-refractivity contribution in [3.63, 3.8) is 0 Å². The van der Waals surface area contributed by atoms with Crippen LogP contribution in [0.3, 0.4) is 0 Å². The Balaban J connectivity index is 1.38. The van der Waals surface area contributed by atoms with Gasteiger partial charge in [0.15, 0.2) is 5.78 Å². The van der Waals surface area contributed by atoms with E-state index in [1.54, 1.807) is 12.1 Å². The van der Waals surface area contributed by atoms with Crippen molar-refractivity contribution in [1.82, 2.24) is 9.47 Å². The van der Waals surface area contributed by atoms with Gasteiger partial charge in [-0.05, 0) is 17.7 Å². The van der Waals surface area contributed by atoms with Gasteiger partial charge in [0, 0.05) is 50.2 Å². The highest BCUT2D eigenvalue weighted by Crippen LogP contribution is 2.34. The number of anilines is 1. The lowest BCUT2D eigenvalue weighted by molar-refractivity contribution is -0.384. The molecule has 172 valence electrons. The zero-order chi connectivity index (χ0) is 23.7. The summed E-state index contributed by atoms with van der Waals surface area (Å²) < 4.78 is 2.10. The van der Waals surface area contributed by atoms with Crippen molar-refractivity contribution < 1.29 is 9.72 Å². The van der Waals surface area contributed by atoms with E-state index < -0.39 is 0 Å². The molecule has 0 bridgehead atoms. The fourth-order valence-electron chi connectivity index (χ4n) is 4.92. The summed E-state index contributed by atoms with van der Waals surface area (Å²) in [6.07, 6.45) is 0. The maximum Gasteiger partial charge on any atom is 0.292 e. The van der Waals surface area contributed by atoms with Gasteiger partial charge in [-0.25, -0.2) is 0 Å². The molecule has 0 atom stereocenters. The van der Waals surface area contributed by atoms with Crippen LogP contribution in [0, 0.1) is 10.1 Å². The number of fused-ring (bicyclic) bond motifs is 1. The third kappa shape index (κ3) is 3.95. The lowest BCUT2D eigenvalue weighted by atomic mass is 10.0. The van der Waals surface area contributed by atoms with Crippen molar-refractivity contribution in [1.29, 1.82) is 0 Å². The average Bonchev–Trinajstić information content (AvgIpc) is 3.17. The number of aryl methyl sites for hydroxylation is 1. The molecule has 7 nitrogen and oxygen atoms in total. The minimum atomic E-state index is -0.336. The van der Waals surface area contributed by atoms with Gasteiger partial charge in [-0.1, -0.05) is 60.7 Å². The fourth-order valence-corrected chi connectivity index (χ4v) is 4.92. The van der Waals surface area contributed by atoms with E-state index in [-0.39, 0.29) is 16.4 Å². The first-order valence-electron chi connectivity index (χ1n) is 11.4. The summed E-state index contributed by atoms with van der Waals surface area (Å²) in [7, 11) is 2.01. The summed E-state index contributed by atoms with van der Waals surface area (Å²) >= 11 is 0. The average molecular weight is 455 g/mol. The molecule has 0 spiro atoms. The molecule has 0 saturated carbocycles. The van der Waals surface area contributed by atoms with Gasteiger partial charge >= 0.3 is 0 Å². The molecule has 0 unspecified atom stereocenters. The minimum Gasteiger partial charge on any atom is -0.363 e. The summed E-state index contributed by atoms with van der Waals surface area (Å²) in [5.41, 5.74) is 4.50. The molecule has 1 fully saturated rings. The number of nitrogens with zero attached hydrogens (tertiary/aromatic N) is 4. The van der Waals surface area contributed by atoms with Crippen molar-refractivity contribution in [3.05, 3.63) is 94.5 Å². The maximum absolute atomic E-state index is 13.7. The van der Waals surface area contributed by atoms with Crippen LogP contribution in [0.1, 0.15) is 10.4 Å². The molecule has 1 saturated heterocycles. The Bertz CT molecular complexity index is 1360.